The summed E-state index contributed by atoms with van der Waals surface area (Å²) >= 11 is 0. The molecule has 0 aliphatic rings. The summed E-state index contributed by atoms with van der Waals surface area (Å²) in [5, 5.41) is 16.5. The number of ether oxygens (including phenoxy) is 1. The molecule has 1 atom stereocenters. The van der Waals surface area contributed by atoms with Crippen molar-refractivity contribution < 1.29 is 9.53 Å². The number of carbonyl (C=O) groups is 1. The fourth-order valence-electron chi connectivity index (χ4n) is 2.93. The summed E-state index contributed by atoms with van der Waals surface area (Å²) in [5.74, 6) is 0.340. The normalized spacial score (nSPS) is 11.4. The van der Waals surface area contributed by atoms with Crippen LogP contribution >= 0.6 is 0 Å². The van der Waals surface area contributed by atoms with Crippen LogP contribution in [0.3, 0.4) is 0 Å². The third-order valence-corrected chi connectivity index (χ3v) is 4.35. The lowest BCUT2D eigenvalue weighted by Gasteiger charge is -2.19. The maximum atomic E-state index is 12.5. The van der Waals surface area contributed by atoms with Gasteiger partial charge in [-0.1, -0.05) is 30.3 Å². The summed E-state index contributed by atoms with van der Waals surface area (Å²) in [6.45, 7) is 2.24. The average Bonchev–Trinajstić information content (AvgIpc) is 2.75. The van der Waals surface area contributed by atoms with Gasteiger partial charge in [0.15, 0.2) is 0 Å². The third kappa shape index (κ3) is 5.62. The zero-order valence-corrected chi connectivity index (χ0v) is 16.8. The summed E-state index contributed by atoms with van der Waals surface area (Å²) in [6.07, 6.45) is 4.49. The number of hydrogen-bond donors (Lipinski definition) is 4. The molecule has 0 fully saturated rings. The molecule has 3 rings (SSSR count). The first kappa shape index (κ1) is 20.9. The molecule has 3 aromatic rings. The Kier molecular flexibility index (Phi) is 7.07. The Hall–Kier alpha value is -3.78. The molecular weight excluding hydrogens is 380 g/mol. The molecule has 2 heterocycles. The van der Waals surface area contributed by atoms with Gasteiger partial charge in [0.1, 0.15) is 5.82 Å². The SMILES string of the molecule is COC[C@@H](NC(=O)Nc1cc(C=N)c(Nc2ccnc(C)c2)cn1)c1ccccc1. The Morgan fingerprint density at radius 3 is 2.70 bits per heavy atom. The summed E-state index contributed by atoms with van der Waals surface area (Å²) < 4.78 is 5.23. The van der Waals surface area contributed by atoms with Gasteiger partial charge in [-0.2, -0.15) is 0 Å². The molecule has 0 radical (unpaired) electrons. The van der Waals surface area contributed by atoms with E-state index in [1.165, 1.54) is 6.21 Å². The molecule has 2 aromatic heterocycles. The van der Waals surface area contributed by atoms with Gasteiger partial charge in [-0.25, -0.2) is 9.78 Å². The number of pyridine rings is 2. The van der Waals surface area contributed by atoms with E-state index in [4.69, 9.17) is 10.1 Å². The molecule has 0 saturated heterocycles. The van der Waals surface area contributed by atoms with Gasteiger partial charge in [0.25, 0.3) is 0 Å². The van der Waals surface area contributed by atoms with Gasteiger partial charge in [-0.05, 0) is 30.7 Å². The molecule has 0 aliphatic heterocycles. The van der Waals surface area contributed by atoms with E-state index in [0.717, 1.165) is 16.9 Å². The molecule has 0 spiro atoms. The van der Waals surface area contributed by atoms with Crippen molar-refractivity contribution >= 4 is 29.4 Å². The second-order valence-electron chi connectivity index (χ2n) is 6.63. The summed E-state index contributed by atoms with van der Waals surface area (Å²) in [4.78, 5) is 20.9. The molecule has 2 amide bonds. The van der Waals surface area contributed by atoms with Gasteiger partial charge in [-0.3, -0.25) is 10.3 Å². The zero-order valence-electron chi connectivity index (χ0n) is 16.8. The van der Waals surface area contributed by atoms with Crippen molar-refractivity contribution in [1.82, 2.24) is 15.3 Å². The van der Waals surface area contributed by atoms with E-state index >= 15 is 0 Å². The van der Waals surface area contributed by atoms with Gasteiger partial charge in [0.2, 0.25) is 0 Å². The predicted octanol–water partition coefficient (Wildman–Crippen LogP) is 4.04. The molecule has 154 valence electrons. The van der Waals surface area contributed by atoms with Crippen LogP contribution in [-0.2, 0) is 4.74 Å². The number of rotatable bonds is 8. The monoisotopic (exact) mass is 404 g/mol. The van der Waals surface area contributed by atoms with Crippen LogP contribution < -0.4 is 16.0 Å². The number of urea groups is 1. The number of carbonyl (C=O) groups excluding carboxylic acids is 1. The number of nitrogens with one attached hydrogen (secondary N) is 4. The fourth-order valence-corrected chi connectivity index (χ4v) is 2.93. The van der Waals surface area contributed by atoms with Crippen molar-refractivity contribution in [3.05, 3.63) is 77.7 Å². The van der Waals surface area contributed by atoms with Gasteiger partial charge >= 0.3 is 6.03 Å². The van der Waals surface area contributed by atoms with Gasteiger partial charge in [0.05, 0.1) is 24.5 Å². The molecule has 30 heavy (non-hydrogen) atoms. The molecule has 0 unspecified atom stereocenters. The Bertz CT molecular complexity index is 1010. The number of aromatic nitrogens is 2. The maximum absolute atomic E-state index is 12.5. The standard InChI is InChI=1S/C22H24N6O2/c1-15-10-18(8-9-24-15)26-19-13-25-21(11-17(19)12-23)28-22(29)27-20(14-30-2)16-6-4-3-5-7-16/h3-13,20,23H,14H2,1-2H3,(H,24,26)(H2,25,27,28,29)/t20-/m1/s1. The zero-order chi connectivity index (χ0) is 21.3. The summed E-state index contributed by atoms with van der Waals surface area (Å²) in [5.41, 5.74) is 3.91. The van der Waals surface area contributed by atoms with Crippen molar-refractivity contribution in [2.45, 2.75) is 13.0 Å². The van der Waals surface area contributed by atoms with E-state index in [0.29, 0.717) is 23.7 Å². The molecule has 1 aromatic carbocycles. The van der Waals surface area contributed by atoms with Gasteiger partial charge in [-0.15, -0.1) is 0 Å². The Morgan fingerprint density at radius 2 is 2.00 bits per heavy atom. The van der Waals surface area contributed by atoms with E-state index in [2.05, 4.69) is 25.9 Å². The second-order valence-corrected chi connectivity index (χ2v) is 6.63. The van der Waals surface area contributed by atoms with E-state index in [1.807, 2.05) is 49.4 Å². The number of aryl methyl sites for hydroxylation is 1. The van der Waals surface area contributed by atoms with Crippen molar-refractivity contribution in [2.75, 3.05) is 24.4 Å². The van der Waals surface area contributed by atoms with Crippen LogP contribution in [0, 0.1) is 12.3 Å². The molecule has 4 N–H and O–H groups in total. The molecule has 8 nitrogen and oxygen atoms in total. The number of methoxy groups -OCH3 is 1. The average molecular weight is 404 g/mol. The Morgan fingerprint density at radius 1 is 1.20 bits per heavy atom. The largest absolute Gasteiger partial charge is 0.382 e. The number of anilines is 3. The van der Waals surface area contributed by atoms with Crippen LogP contribution in [0.2, 0.25) is 0 Å². The van der Waals surface area contributed by atoms with Crippen molar-refractivity contribution in [1.29, 1.82) is 5.41 Å². The molecule has 8 heteroatoms. The maximum Gasteiger partial charge on any atom is 0.320 e. The molecular formula is C22H24N6O2. The van der Waals surface area contributed by atoms with Crippen LogP contribution in [0.25, 0.3) is 0 Å². The molecule has 0 aliphatic carbocycles. The smallest absolute Gasteiger partial charge is 0.320 e. The molecule has 0 saturated carbocycles. The first-order chi connectivity index (χ1) is 14.6. The highest BCUT2D eigenvalue weighted by Crippen LogP contribution is 2.21. The minimum absolute atomic E-state index is 0.297. The van der Waals surface area contributed by atoms with E-state index < -0.39 is 6.03 Å². The van der Waals surface area contributed by atoms with E-state index in [9.17, 15) is 4.79 Å². The predicted molar refractivity (Wildman–Crippen MR) is 118 cm³/mol. The quantitative estimate of drug-likeness (QED) is 0.424. The van der Waals surface area contributed by atoms with Crippen LogP contribution in [0.4, 0.5) is 22.0 Å². The van der Waals surface area contributed by atoms with Crippen molar-refractivity contribution in [3.63, 3.8) is 0 Å². The highest BCUT2D eigenvalue weighted by atomic mass is 16.5. The molecule has 0 bridgehead atoms. The lowest BCUT2D eigenvalue weighted by molar-refractivity contribution is 0.168. The number of nitrogens with zero attached hydrogens (tertiary/aromatic N) is 2. The minimum atomic E-state index is -0.408. The highest BCUT2D eigenvalue weighted by Gasteiger charge is 2.15. The van der Waals surface area contributed by atoms with Crippen LogP contribution in [-0.4, -0.2) is 35.9 Å². The Balaban J connectivity index is 1.70. The van der Waals surface area contributed by atoms with E-state index in [1.54, 1.807) is 25.6 Å². The topological polar surface area (TPSA) is 112 Å². The van der Waals surface area contributed by atoms with E-state index in [-0.39, 0.29) is 6.04 Å². The van der Waals surface area contributed by atoms with Crippen LogP contribution in [0.15, 0.2) is 60.9 Å². The second kappa shape index (κ2) is 10.1. The fraction of sp³-hybridized carbons (Fsp3) is 0.182. The van der Waals surface area contributed by atoms with Gasteiger partial charge in [0, 0.05) is 36.5 Å². The lowest BCUT2D eigenvalue weighted by Crippen LogP contribution is -2.35. The first-order valence-corrected chi connectivity index (χ1v) is 9.40. The first-order valence-electron chi connectivity index (χ1n) is 9.40. The number of hydrogen-bond acceptors (Lipinski definition) is 6. The summed E-state index contributed by atoms with van der Waals surface area (Å²) in [7, 11) is 1.59. The van der Waals surface area contributed by atoms with Gasteiger partial charge < -0.3 is 20.8 Å². The van der Waals surface area contributed by atoms with Crippen molar-refractivity contribution in [2.24, 2.45) is 0 Å². The summed E-state index contributed by atoms with van der Waals surface area (Å²) in [6, 6.07) is 14.2. The number of benzene rings is 1. The highest BCUT2D eigenvalue weighted by molar-refractivity contribution is 5.92. The third-order valence-electron chi connectivity index (χ3n) is 4.35. The minimum Gasteiger partial charge on any atom is -0.382 e. The van der Waals surface area contributed by atoms with Crippen LogP contribution in [0.1, 0.15) is 22.9 Å². The van der Waals surface area contributed by atoms with Crippen LogP contribution in [0.5, 0.6) is 0 Å². The van der Waals surface area contributed by atoms with Crippen molar-refractivity contribution in [3.8, 4) is 0 Å². The lowest BCUT2D eigenvalue weighted by atomic mass is 10.1. The number of amides is 2. The Labute approximate surface area is 175 Å².